The largest absolute Gasteiger partial charge is 0.451 e. The quantitative estimate of drug-likeness (QED) is 0.229. The van der Waals surface area contributed by atoms with Crippen molar-refractivity contribution in [3.05, 3.63) is 53.9 Å². The van der Waals surface area contributed by atoms with Crippen LogP contribution in [0.5, 0.6) is 11.5 Å². The van der Waals surface area contributed by atoms with Crippen molar-refractivity contribution in [3.8, 4) is 11.5 Å². The van der Waals surface area contributed by atoms with E-state index in [1.165, 1.54) is 63.1 Å². The molecule has 1 spiro atoms. The van der Waals surface area contributed by atoms with E-state index in [4.69, 9.17) is 9.26 Å². The van der Waals surface area contributed by atoms with E-state index in [-0.39, 0.29) is 23.6 Å². The average Bonchev–Trinajstić information content (AvgIpc) is 3.72. The first-order valence-electron chi connectivity index (χ1n) is 17.8. The molecule has 0 N–H and O–H groups in total. The van der Waals surface area contributed by atoms with Crippen LogP contribution in [-0.4, -0.2) is 88.7 Å². The van der Waals surface area contributed by atoms with Crippen molar-refractivity contribution < 1.29 is 18.4 Å². The Labute approximate surface area is 284 Å². The minimum Gasteiger partial charge on any atom is -0.451 e. The molecule has 1 aliphatic carbocycles. The molecule has 11 heteroatoms. The third-order valence-corrected chi connectivity index (χ3v) is 11.0. The highest BCUT2D eigenvalue weighted by Gasteiger charge is 2.40. The molecule has 260 valence electrons. The highest BCUT2D eigenvalue weighted by Crippen LogP contribution is 2.46. The summed E-state index contributed by atoms with van der Waals surface area (Å²) in [5.74, 6) is 3.08. The van der Waals surface area contributed by atoms with Gasteiger partial charge in [-0.25, -0.2) is 14.4 Å². The van der Waals surface area contributed by atoms with E-state index in [1.807, 2.05) is 40.7 Å². The molecule has 1 atom stereocenters. The minimum absolute atomic E-state index is 0.0476. The van der Waals surface area contributed by atoms with Crippen LogP contribution in [0.15, 0.2) is 41.3 Å². The SMILES string of the molecule is Cc1cc(N(C)C2CCC3(CC2)CCN(CC2CCN(c4ncncc4Oc4ccc(F)cc4C(=O)N(C(C)C)C(C)C)C2)CC3)no1. The van der Waals surface area contributed by atoms with Crippen LogP contribution in [0.4, 0.5) is 16.0 Å². The van der Waals surface area contributed by atoms with Crippen molar-refractivity contribution in [2.75, 3.05) is 49.6 Å². The smallest absolute Gasteiger partial charge is 0.258 e. The van der Waals surface area contributed by atoms with Gasteiger partial charge in [-0.1, -0.05) is 5.16 Å². The van der Waals surface area contributed by atoms with Crippen LogP contribution in [0.2, 0.25) is 0 Å². The highest BCUT2D eigenvalue weighted by atomic mass is 19.1. The number of nitrogens with zero attached hydrogens (tertiary/aromatic N) is 7. The Hall–Kier alpha value is -3.73. The predicted octanol–water partition coefficient (Wildman–Crippen LogP) is 6.95. The van der Waals surface area contributed by atoms with Crippen LogP contribution in [-0.2, 0) is 0 Å². The molecule has 2 aliphatic heterocycles. The van der Waals surface area contributed by atoms with Crippen LogP contribution < -0.4 is 14.5 Å². The summed E-state index contributed by atoms with van der Waals surface area (Å²) in [4.78, 5) is 31.4. The number of aryl methyl sites for hydroxylation is 1. The molecule has 3 aromatic rings. The molecule has 1 unspecified atom stereocenters. The van der Waals surface area contributed by atoms with E-state index >= 15 is 0 Å². The number of amides is 1. The lowest BCUT2D eigenvalue weighted by Crippen LogP contribution is -2.46. The van der Waals surface area contributed by atoms with E-state index in [0.717, 1.165) is 50.7 Å². The van der Waals surface area contributed by atoms with Gasteiger partial charge in [0.25, 0.3) is 5.91 Å². The molecule has 3 aliphatic rings. The van der Waals surface area contributed by atoms with Crippen molar-refractivity contribution in [3.63, 3.8) is 0 Å². The Balaban J connectivity index is 1.04. The van der Waals surface area contributed by atoms with Gasteiger partial charge in [0.2, 0.25) is 0 Å². The molecule has 6 rings (SSSR count). The first-order valence-corrected chi connectivity index (χ1v) is 17.8. The normalized spacial score (nSPS) is 20.2. The number of ether oxygens (including phenoxy) is 1. The van der Waals surface area contributed by atoms with Crippen LogP contribution in [0.1, 0.15) is 88.8 Å². The standard InChI is InChI=1S/C37H52FN7O3/c1-25(2)45(26(3)4)36(46)31-20-29(38)7-8-32(31)47-33-21-39-24-40-35(33)44-16-11-28(23-44)22-43-17-14-37(15-18-43)12-9-30(10-13-37)42(6)34-19-27(5)48-41-34/h7-8,19-21,24-26,28,30H,9-18,22-23H2,1-6H3. The van der Waals surface area contributed by atoms with Crippen molar-refractivity contribution >= 4 is 17.5 Å². The fraction of sp³-hybridized carbons (Fsp3) is 0.622. The summed E-state index contributed by atoms with van der Waals surface area (Å²) >= 11 is 0. The Morgan fingerprint density at radius 2 is 1.77 bits per heavy atom. The van der Waals surface area contributed by atoms with Gasteiger partial charge in [0.15, 0.2) is 17.4 Å². The van der Waals surface area contributed by atoms with E-state index in [2.05, 4.69) is 36.9 Å². The maximum Gasteiger partial charge on any atom is 0.258 e. The predicted molar refractivity (Wildman–Crippen MR) is 185 cm³/mol. The monoisotopic (exact) mass is 661 g/mol. The number of rotatable bonds is 10. The molecule has 3 fully saturated rings. The maximum absolute atomic E-state index is 14.4. The molecular weight excluding hydrogens is 609 g/mol. The van der Waals surface area contributed by atoms with Gasteiger partial charge in [0.1, 0.15) is 23.7 Å². The minimum atomic E-state index is -0.480. The average molecular weight is 662 g/mol. The van der Waals surface area contributed by atoms with E-state index in [1.54, 1.807) is 11.1 Å². The second-order valence-electron chi connectivity index (χ2n) is 14.9. The van der Waals surface area contributed by atoms with E-state index < -0.39 is 5.82 Å². The molecule has 0 bridgehead atoms. The van der Waals surface area contributed by atoms with Gasteiger partial charge in [-0.3, -0.25) is 4.79 Å². The number of anilines is 2. The van der Waals surface area contributed by atoms with Gasteiger partial charge < -0.3 is 28.9 Å². The summed E-state index contributed by atoms with van der Waals surface area (Å²) in [6, 6.07) is 6.58. The zero-order valence-corrected chi connectivity index (χ0v) is 29.5. The number of piperidine rings is 1. The molecule has 48 heavy (non-hydrogen) atoms. The van der Waals surface area contributed by atoms with Crippen molar-refractivity contribution in [2.45, 2.75) is 97.7 Å². The number of halogens is 1. The second kappa shape index (κ2) is 14.4. The third-order valence-electron chi connectivity index (χ3n) is 11.0. The summed E-state index contributed by atoms with van der Waals surface area (Å²) in [7, 11) is 2.15. The van der Waals surface area contributed by atoms with Crippen LogP contribution in [0.25, 0.3) is 0 Å². The number of hydrogen-bond acceptors (Lipinski definition) is 9. The molecular formula is C37H52FN7O3. The number of aromatic nitrogens is 3. The number of benzene rings is 1. The van der Waals surface area contributed by atoms with Gasteiger partial charge in [-0.05, 0) is 122 Å². The van der Waals surface area contributed by atoms with Crippen LogP contribution >= 0.6 is 0 Å². The molecule has 4 heterocycles. The highest BCUT2D eigenvalue weighted by molar-refractivity contribution is 5.97. The Morgan fingerprint density at radius 3 is 2.44 bits per heavy atom. The third kappa shape index (κ3) is 7.46. The van der Waals surface area contributed by atoms with Crippen molar-refractivity contribution in [2.24, 2.45) is 11.3 Å². The number of likely N-dealkylation sites (tertiary alicyclic amines) is 1. The van der Waals surface area contributed by atoms with Crippen molar-refractivity contribution in [1.29, 1.82) is 0 Å². The summed E-state index contributed by atoms with van der Waals surface area (Å²) < 4.78 is 26.1. The molecule has 2 saturated heterocycles. The zero-order valence-electron chi connectivity index (χ0n) is 29.5. The van der Waals surface area contributed by atoms with Gasteiger partial charge in [0.05, 0.1) is 11.8 Å². The second-order valence-corrected chi connectivity index (χ2v) is 14.9. The zero-order chi connectivity index (χ0) is 34.0. The molecule has 1 amide bonds. The van der Waals surface area contributed by atoms with Gasteiger partial charge in [-0.15, -0.1) is 0 Å². The Morgan fingerprint density at radius 1 is 1.04 bits per heavy atom. The molecule has 0 radical (unpaired) electrons. The lowest BCUT2D eigenvalue weighted by Gasteiger charge is -2.47. The summed E-state index contributed by atoms with van der Waals surface area (Å²) in [5.41, 5.74) is 0.671. The lowest BCUT2D eigenvalue weighted by atomic mass is 9.66. The van der Waals surface area contributed by atoms with Gasteiger partial charge in [0, 0.05) is 50.9 Å². The van der Waals surface area contributed by atoms with Gasteiger partial charge in [-0.2, -0.15) is 0 Å². The van der Waals surface area contributed by atoms with E-state index in [0.29, 0.717) is 34.7 Å². The maximum atomic E-state index is 14.4. The topological polar surface area (TPSA) is 91.1 Å². The lowest BCUT2D eigenvalue weighted by molar-refractivity contribution is 0.0561. The first kappa shape index (κ1) is 34.1. The Bertz CT molecular complexity index is 1540. The molecule has 1 aromatic carbocycles. The summed E-state index contributed by atoms with van der Waals surface area (Å²) in [6.07, 6.45) is 11.8. The number of hydrogen-bond donors (Lipinski definition) is 0. The fourth-order valence-corrected chi connectivity index (χ4v) is 8.26. The van der Waals surface area contributed by atoms with Gasteiger partial charge >= 0.3 is 0 Å². The van der Waals surface area contributed by atoms with Crippen LogP contribution in [0.3, 0.4) is 0 Å². The van der Waals surface area contributed by atoms with E-state index in [9.17, 15) is 9.18 Å². The fourth-order valence-electron chi connectivity index (χ4n) is 8.26. The van der Waals surface area contributed by atoms with Crippen molar-refractivity contribution in [1.82, 2.24) is 24.9 Å². The number of carbonyl (C=O) groups excluding carboxylic acids is 1. The number of carbonyl (C=O) groups is 1. The Kier molecular flexibility index (Phi) is 10.2. The first-order chi connectivity index (χ1) is 23.0. The summed E-state index contributed by atoms with van der Waals surface area (Å²) in [5, 5.41) is 4.23. The molecule has 1 saturated carbocycles. The molecule has 2 aromatic heterocycles. The van der Waals surface area contributed by atoms with Crippen LogP contribution in [0, 0.1) is 24.1 Å². The molecule has 10 nitrogen and oxygen atoms in total. The summed E-state index contributed by atoms with van der Waals surface area (Å²) in [6.45, 7) is 14.9.